The molecule has 0 aliphatic carbocycles. The van der Waals surface area contributed by atoms with Crippen LogP contribution in [0.5, 0.6) is 0 Å². The summed E-state index contributed by atoms with van der Waals surface area (Å²) in [6.45, 7) is 6.53. The predicted octanol–water partition coefficient (Wildman–Crippen LogP) is 2.46. The minimum absolute atomic E-state index is 0.0614. The molecular weight excluding hydrogens is 358 g/mol. The fourth-order valence-corrected chi connectivity index (χ4v) is 3.80. The molecule has 1 aromatic rings. The quantitative estimate of drug-likeness (QED) is 0.728. The van der Waals surface area contributed by atoms with Gasteiger partial charge in [-0.2, -0.15) is 0 Å². The van der Waals surface area contributed by atoms with E-state index in [1.54, 1.807) is 14.7 Å². The lowest BCUT2D eigenvalue weighted by Gasteiger charge is -2.31. The summed E-state index contributed by atoms with van der Waals surface area (Å²) in [5.74, 6) is 0.0437. The van der Waals surface area contributed by atoms with Crippen LogP contribution < -0.4 is 4.90 Å². The molecule has 2 saturated heterocycles. The van der Waals surface area contributed by atoms with Crippen LogP contribution in [0.1, 0.15) is 38.2 Å². The molecule has 0 bridgehead atoms. The second kappa shape index (κ2) is 8.63. The van der Waals surface area contributed by atoms with Gasteiger partial charge in [0.15, 0.2) is 0 Å². The van der Waals surface area contributed by atoms with Crippen LogP contribution >= 0.6 is 0 Å². The third kappa shape index (κ3) is 4.29. The summed E-state index contributed by atoms with van der Waals surface area (Å²) in [6.07, 6.45) is 1.22. The Balaban J connectivity index is 1.54. The van der Waals surface area contributed by atoms with Crippen molar-refractivity contribution in [2.45, 2.75) is 32.6 Å². The molecule has 0 aromatic heterocycles. The Bertz CT molecular complexity index is 724. The molecule has 0 saturated carbocycles. The molecular formula is C21H29N3O4. The normalized spacial score (nSPS) is 18.1. The van der Waals surface area contributed by atoms with E-state index in [4.69, 9.17) is 4.74 Å². The van der Waals surface area contributed by atoms with E-state index in [0.717, 1.165) is 5.69 Å². The predicted molar refractivity (Wildman–Crippen MR) is 106 cm³/mol. The lowest BCUT2D eigenvalue weighted by molar-refractivity contribution is -0.148. The molecule has 2 aliphatic rings. The average Bonchev–Trinajstić information content (AvgIpc) is 3.07. The van der Waals surface area contributed by atoms with E-state index in [-0.39, 0.29) is 30.4 Å². The Morgan fingerprint density at radius 2 is 1.71 bits per heavy atom. The standard InChI is InChI=1S/C21H29N3O4/c1-15(2)16-4-6-18(7-5-16)24-13-12-23(21(24)27)14-19(25)22-10-8-17(9-11-22)20(26)28-3/h4-7,15,17H,8-14H2,1-3H3. The Morgan fingerprint density at radius 1 is 1.07 bits per heavy atom. The van der Waals surface area contributed by atoms with Crippen molar-refractivity contribution < 1.29 is 19.1 Å². The molecule has 3 rings (SSSR count). The van der Waals surface area contributed by atoms with E-state index < -0.39 is 0 Å². The maximum atomic E-state index is 12.7. The number of carbonyl (C=O) groups excluding carboxylic acids is 3. The maximum Gasteiger partial charge on any atom is 0.325 e. The number of benzene rings is 1. The zero-order valence-corrected chi connectivity index (χ0v) is 16.9. The van der Waals surface area contributed by atoms with Gasteiger partial charge in [0.25, 0.3) is 0 Å². The SMILES string of the molecule is COC(=O)C1CCN(C(=O)CN2CCN(c3ccc(C(C)C)cc3)C2=O)CC1. The van der Waals surface area contributed by atoms with Gasteiger partial charge in [-0.3, -0.25) is 14.5 Å². The number of carbonyl (C=O) groups is 3. The monoisotopic (exact) mass is 387 g/mol. The number of piperidine rings is 1. The minimum Gasteiger partial charge on any atom is -0.469 e. The van der Waals surface area contributed by atoms with E-state index in [0.29, 0.717) is 44.9 Å². The lowest BCUT2D eigenvalue weighted by Crippen LogP contribution is -2.46. The van der Waals surface area contributed by atoms with Crippen molar-refractivity contribution in [2.24, 2.45) is 5.92 Å². The van der Waals surface area contributed by atoms with Crippen molar-refractivity contribution in [2.75, 3.05) is 44.7 Å². The number of likely N-dealkylation sites (tertiary alicyclic amines) is 1. The molecule has 0 spiro atoms. The molecule has 0 atom stereocenters. The van der Waals surface area contributed by atoms with E-state index in [1.807, 2.05) is 24.3 Å². The van der Waals surface area contributed by atoms with Crippen LogP contribution in [0.25, 0.3) is 0 Å². The first kappa shape index (κ1) is 20.2. The van der Waals surface area contributed by atoms with Gasteiger partial charge >= 0.3 is 12.0 Å². The van der Waals surface area contributed by atoms with E-state index in [2.05, 4.69) is 13.8 Å². The van der Waals surface area contributed by atoms with Gasteiger partial charge < -0.3 is 14.5 Å². The molecule has 0 N–H and O–H groups in total. The number of esters is 1. The molecule has 1 aromatic carbocycles. The van der Waals surface area contributed by atoms with Crippen LogP contribution in [-0.4, -0.2) is 67.5 Å². The zero-order chi connectivity index (χ0) is 20.3. The number of rotatable bonds is 5. The molecule has 2 heterocycles. The molecule has 0 radical (unpaired) electrons. The second-order valence-corrected chi connectivity index (χ2v) is 7.78. The van der Waals surface area contributed by atoms with Gasteiger partial charge in [0.05, 0.1) is 13.0 Å². The van der Waals surface area contributed by atoms with Gasteiger partial charge in [0.2, 0.25) is 5.91 Å². The van der Waals surface area contributed by atoms with Crippen LogP contribution in [0, 0.1) is 5.92 Å². The topological polar surface area (TPSA) is 70.2 Å². The second-order valence-electron chi connectivity index (χ2n) is 7.78. The molecule has 28 heavy (non-hydrogen) atoms. The maximum absolute atomic E-state index is 12.7. The number of urea groups is 1. The first-order valence-corrected chi connectivity index (χ1v) is 9.92. The van der Waals surface area contributed by atoms with Crippen LogP contribution in [0.2, 0.25) is 0 Å². The molecule has 7 heteroatoms. The summed E-state index contributed by atoms with van der Waals surface area (Å²) in [7, 11) is 1.39. The van der Waals surface area contributed by atoms with E-state index >= 15 is 0 Å². The van der Waals surface area contributed by atoms with Crippen molar-refractivity contribution in [3.8, 4) is 0 Å². The Labute approximate surface area is 166 Å². The van der Waals surface area contributed by atoms with E-state index in [1.165, 1.54) is 12.7 Å². The van der Waals surface area contributed by atoms with Gasteiger partial charge in [0.1, 0.15) is 6.54 Å². The van der Waals surface area contributed by atoms with Crippen molar-refractivity contribution in [1.29, 1.82) is 0 Å². The number of nitrogens with zero attached hydrogens (tertiary/aromatic N) is 3. The number of ether oxygens (including phenoxy) is 1. The molecule has 7 nitrogen and oxygen atoms in total. The summed E-state index contributed by atoms with van der Waals surface area (Å²) in [5, 5.41) is 0. The molecule has 2 fully saturated rings. The van der Waals surface area contributed by atoms with Gasteiger partial charge in [0, 0.05) is 31.9 Å². The Morgan fingerprint density at radius 3 is 2.29 bits per heavy atom. The third-order valence-electron chi connectivity index (χ3n) is 5.67. The first-order valence-electron chi connectivity index (χ1n) is 9.92. The molecule has 0 unspecified atom stereocenters. The Kier molecular flexibility index (Phi) is 6.21. The summed E-state index contributed by atoms with van der Waals surface area (Å²) in [4.78, 5) is 42.0. The van der Waals surface area contributed by atoms with Crippen LogP contribution in [0.3, 0.4) is 0 Å². The zero-order valence-electron chi connectivity index (χ0n) is 16.9. The number of amides is 3. The largest absolute Gasteiger partial charge is 0.469 e. The number of hydrogen-bond acceptors (Lipinski definition) is 4. The fourth-order valence-electron chi connectivity index (χ4n) is 3.80. The summed E-state index contributed by atoms with van der Waals surface area (Å²) >= 11 is 0. The van der Waals surface area contributed by atoms with Gasteiger partial charge in [-0.25, -0.2) is 4.79 Å². The molecule has 152 valence electrons. The van der Waals surface area contributed by atoms with Gasteiger partial charge in [-0.15, -0.1) is 0 Å². The highest BCUT2D eigenvalue weighted by Gasteiger charge is 2.33. The van der Waals surface area contributed by atoms with E-state index in [9.17, 15) is 14.4 Å². The third-order valence-corrected chi connectivity index (χ3v) is 5.67. The lowest BCUT2D eigenvalue weighted by atomic mass is 9.97. The van der Waals surface area contributed by atoms with Gasteiger partial charge in [-0.05, 0) is 36.5 Å². The highest BCUT2D eigenvalue weighted by molar-refractivity contribution is 5.96. The van der Waals surface area contributed by atoms with Crippen LogP contribution in [0.15, 0.2) is 24.3 Å². The van der Waals surface area contributed by atoms with Crippen molar-refractivity contribution in [1.82, 2.24) is 9.80 Å². The fraction of sp³-hybridized carbons (Fsp3) is 0.571. The summed E-state index contributed by atoms with van der Waals surface area (Å²) in [6, 6.07) is 7.90. The number of methoxy groups -OCH3 is 1. The van der Waals surface area contributed by atoms with Crippen molar-refractivity contribution in [3.63, 3.8) is 0 Å². The van der Waals surface area contributed by atoms with Crippen molar-refractivity contribution >= 4 is 23.6 Å². The smallest absolute Gasteiger partial charge is 0.325 e. The average molecular weight is 387 g/mol. The summed E-state index contributed by atoms with van der Waals surface area (Å²) < 4.78 is 4.78. The minimum atomic E-state index is -0.207. The van der Waals surface area contributed by atoms with Crippen LogP contribution in [0.4, 0.5) is 10.5 Å². The number of anilines is 1. The first-order chi connectivity index (χ1) is 13.4. The molecule has 2 aliphatic heterocycles. The highest BCUT2D eigenvalue weighted by atomic mass is 16.5. The number of hydrogen-bond donors (Lipinski definition) is 0. The molecule has 3 amide bonds. The van der Waals surface area contributed by atoms with Gasteiger partial charge in [-0.1, -0.05) is 26.0 Å². The highest BCUT2D eigenvalue weighted by Crippen LogP contribution is 2.24. The van der Waals surface area contributed by atoms with Crippen LogP contribution in [-0.2, 0) is 14.3 Å². The summed E-state index contributed by atoms with van der Waals surface area (Å²) in [5.41, 5.74) is 2.10. The van der Waals surface area contributed by atoms with Crippen molar-refractivity contribution in [3.05, 3.63) is 29.8 Å². The Hall–Kier alpha value is -2.57.